The lowest BCUT2D eigenvalue weighted by atomic mass is 9.96. The van der Waals surface area contributed by atoms with E-state index >= 15 is 0 Å². The van der Waals surface area contributed by atoms with Gasteiger partial charge in [0.15, 0.2) is 0 Å². The molecule has 5 rings (SSSR count). The number of rotatable bonds is 4. The van der Waals surface area contributed by atoms with Crippen molar-refractivity contribution >= 4 is 23.2 Å². The van der Waals surface area contributed by atoms with E-state index in [1.54, 1.807) is 18.2 Å². The Balaban J connectivity index is 1.55. The highest BCUT2D eigenvalue weighted by atomic mass is 19.4. The fraction of sp³-hybridized carbons (Fsp3) is 0.167. The van der Waals surface area contributed by atoms with E-state index in [0.29, 0.717) is 34.6 Å². The number of amides is 2. The summed E-state index contributed by atoms with van der Waals surface area (Å²) in [5, 5.41) is 0. The third-order valence-corrected chi connectivity index (χ3v) is 5.74. The normalized spacial score (nSPS) is 15.6. The van der Waals surface area contributed by atoms with Crippen LogP contribution in [0.4, 0.5) is 42.1 Å². The topological polar surface area (TPSA) is 40.2 Å². The standard InChI is InChI=1S/C24H13F7N2O2/c25-22-18(23(26,27)28)7-15(8-19(22)24(29,30)31)13-3-1-12(2-4-13)14-5-16(32-10-20(32)34)9-17(6-14)33-11-21(33)35/h1-9H,10-11H2. The molecule has 35 heavy (non-hydrogen) atoms. The Morgan fingerprint density at radius 1 is 0.571 bits per heavy atom. The van der Waals surface area contributed by atoms with Crippen molar-refractivity contribution in [3.8, 4) is 22.3 Å². The van der Waals surface area contributed by atoms with Crippen LogP contribution >= 0.6 is 0 Å². The Kier molecular flexibility index (Phi) is 4.94. The van der Waals surface area contributed by atoms with Gasteiger partial charge in [0.2, 0.25) is 11.8 Å². The second-order valence-electron chi connectivity index (χ2n) is 8.16. The average molecular weight is 494 g/mol. The SMILES string of the molecule is O=C1CN1c1cc(-c2ccc(-c3cc(C(F)(F)F)c(F)c(C(F)(F)F)c3)cc2)cc(N2CC2=O)c1. The van der Waals surface area contributed by atoms with Gasteiger partial charge in [-0.15, -0.1) is 0 Å². The zero-order chi connectivity index (χ0) is 25.3. The van der Waals surface area contributed by atoms with Crippen molar-refractivity contribution in [2.45, 2.75) is 12.4 Å². The van der Waals surface area contributed by atoms with Gasteiger partial charge in [0, 0.05) is 11.4 Å². The van der Waals surface area contributed by atoms with Gasteiger partial charge in [0.1, 0.15) is 18.9 Å². The summed E-state index contributed by atoms with van der Waals surface area (Å²) < 4.78 is 93.3. The van der Waals surface area contributed by atoms with E-state index in [1.165, 1.54) is 34.1 Å². The van der Waals surface area contributed by atoms with Gasteiger partial charge < -0.3 is 9.80 Å². The third kappa shape index (κ3) is 4.33. The fourth-order valence-electron chi connectivity index (χ4n) is 3.80. The molecule has 2 aliphatic heterocycles. The van der Waals surface area contributed by atoms with Crippen LogP contribution in [0.5, 0.6) is 0 Å². The van der Waals surface area contributed by atoms with E-state index in [0.717, 1.165) is 0 Å². The first-order chi connectivity index (χ1) is 16.3. The zero-order valence-corrected chi connectivity index (χ0v) is 17.5. The molecule has 2 fully saturated rings. The summed E-state index contributed by atoms with van der Waals surface area (Å²) in [4.78, 5) is 26.1. The minimum Gasteiger partial charge on any atom is -0.301 e. The van der Waals surface area contributed by atoms with Crippen LogP contribution in [0.1, 0.15) is 11.1 Å². The molecule has 0 aromatic heterocycles. The van der Waals surface area contributed by atoms with Crippen LogP contribution in [-0.4, -0.2) is 24.9 Å². The largest absolute Gasteiger partial charge is 0.419 e. The maximum atomic E-state index is 14.0. The highest BCUT2D eigenvalue weighted by Crippen LogP contribution is 2.42. The zero-order valence-electron chi connectivity index (χ0n) is 17.5. The molecule has 0 radical (unpaired) electrons. The summed E-state index contributed by atoms with van der Waals surface area (Å²) in [6.45, 7) is 0.451. The number of hydrogen-bond acceptors (Lipinski definition) is 2. The Bertz CT molecular complexity index is 1300. The molecule has 0 spiro atoms. The van der Waals surface area contributed by atoms with Crippen molar-refractivity contribution < 1.29 is 40.3 Å². The molecule has 180 valence electrons. The third-order valence-electron chi connectivity index (χ3n) is 5.74. The minimum atomic E-state index is -5.32. The van der Waals surface area contributed by atoms with Crippen molar-refractivity contribution in [1.29, 1.82) is 0 Å². The molecule has 2 saturated heterocycles. The van der Waals surface area contributed by atoms with Crippen LogP contribution in [0.3, 0.4) is 0 Å². The minimum absolute atomic E-state index is 0.0170. The first-order valence-electron chi connectivity index (χ1n) is 10.2. The van der Waals surface area contributed by atoms with Gasteiger partial charge in [0.05, 0.1) is 11.1 Å². The first kappa shape index (κ1) is 22.9. The van der Waals surface area contributed by atoms with Crippen LogP contribution in [0.2, 0.25) is 0 Å². The van der Waals surface area contributed by atoms with Gasteiger partial charge in [-0.1, -0.05) is 24.3 Å². The number of benzene rings is 3. The van der Waals surface area contributed by atoms with Gasteiger partial charge in [-0.05, 0) is 52.6 Å². The summed E-state index contributed by atoms with van der Waals surface area (Å²) >= 11 is 0. The van der Waals surface area contributed by atoms with Crippen LogP contribution in [0.15, 0.2) is 54.6 Å². The Labute approximate surface area is 193 Å². The van der Waals surface area contributed by atoms with E-state index in [-0.39, 0.29) is 30.5 Å². The summed E-state index contributed by atoms with van der Waals surface area (Å²) in [6, 6.07) is 11.4. The van der Waals surface area contributed by atoms with Crippen molar-refractivity contribution in [2.75, 3.05) is 22.9 Å². The molecule has 3 aromatic rings. The maximum absolute atomic E-state index is 14.0. The van der Waals surface area contributed by atoms with Crippen molar-refractivity contribution in [3.63, 3.8) is 0 Å². The summed E-state index contributed by atoms with van der Waals surface area (Å²) in [5.41, 5.74) is -2.17. The Morgan fingerprint density at radius 2 is 0.914 bits per heavy atom. The molecule has 0 atom stereocenters. The van der Waals surface area contributed by atoms with E-state index in [4.69, 9.17) is 0 Å². The molecule has 11 heteroatoms. The van der Waals surface area contributed by atoms with Gasteiger partial charge in [-0.2, -0.15) is 26.3 Å². The summed E-state index contributed by atoms with van der Waals surface area (Å²) in [7, 11) is 0. The summed E-state index contributed by atoms with van der Waals surface area (Å²) in [5.74, 6) is -2.57. The molecule has 0 saturated carbocycles. The van der Waals surface area contributed by atoms with Crippen LogP contribution < -0.4 is 9.80 Å². The average Bonchev–Trinajstić information content (AvgIpc) is 3.69. The van der Waals surface area contributed by atoms with Crippen molar-refractivity contribution in [2.24, 2.45) is 0 Å². The molecular weight excluding hydrogens is 481 g/mol. The van der Waals surface area contributed by atoms with E-state index in [2.05, 4.69) is 0 Å². The second kappa shape index (κ2) is 7.56. The predicted octanol–water partition coefficient (Wildman–Crippen LogP) is 5.89. The number of alkyl halides is 6. The van der Waals surface area contributed by atoms with Crippen LogP contribution in [0, 0.1) is 5.82 Å². The molecule has 0 bridgehead atoms. The number of halogens is 7. The molecule has 0 unspecified atom stereocenters. The molecule has 2 amide bonds. The van der Waals surface area contributed by atoms with Crippen LogP contribution in [-0.2, 0) is 21.9 Å². The monoisotopic (exact) mass is 494 g/mol. The summed E-state index contributed by atoms with van der Waals surface area (Å²) in [6.07, 6.45) is -10.6. The maximum Gasteiger partial charge on any atom is 0.419 e. The lowest BCUT2D eigenvalue weighted by Gasteiger charge is -2.16. The number of carbonyl (C=O) groups is 2. The molecule has 2 heterocycles. The molecule has 2 aliphatic rings. The fourth-order valence-corrected chi connectivity index (χ4v) is 3.80. The van der Waals surface area contributed by atoms with E-state index in [9.17, 15) is 40.3 Å². The predicted molar refractivity (Wildman–Crippen MR) is 112 cm³/mol. The number of carbonyl (C=O) groups excluding carboxylic acids is 2. The van der Waals surface area contributed by atoms with Gasteiger partial charge in [-0.3, -0.25) is 9.59 Å². The van der Waals surface area contributed by atoms with E-state index < -0.39 is 34.9 Å². The Morgan fingerprint density at radius 3 is 1.23 bits per heavy atom. The highest BCUT2D eigenvalue weighted by Gasteiger charge is 2.42. The van der Waals surface area contributed by atoms with Crippen molar-refractivity contribution in [3.05, 3.63) is 71.5 Å². The van der Waals surface area contributed by atoms with Gasteiger partial charge in [0.25, 0.3) is 0 Å². The molecule has 0 N–H and O–H groups in total. The molecule has 4 nitrogen and oxygen atoms in total. The Hall–Kier alpha value is -3.89. The number of nitrogens with zero attached hydrogens (tertiary/aromatic N) is 2. The number of hydrogen-bond donors (Lipinski definition) is 0. The van der Waals surface area contributed by atoms with Crippen molar-refractivity contribution in [1.82, 2.24) is 0 Å². The van der Waals surface area contributed by atoms with Crippen LogP contribution in [0.25, 0.3) is 22.3 Å². The highest BCUT2D eigenvalue weighted by molar-refractivity contribution is 6.15. The molecule has 0 aliphatic carbocycles. The smallest absolute Gasteiger partial charge is 0.301 e. The lowest BCUT2D eigenvalue weighted by Crippen LogP contribution is -2.15. The van der Waals surface area contributed by atoms with Gasteiger partial charge in [-0.25, -0.2) is 4.39 Å². The second-order valence-corrected chi connectivity index (χ2v) is 8.16. The molecule has 3 aromatic carbocycles. The number of anilines is 2. The van der Waals surface area contributed by atoms with Gasteiger partial charge >= 0.3 is 12.4 Å². The van der Waals surface area contributed by atoms with E-state index in [1.807, 2.05) is 0 Å². The quantitative estimate of drug-likeness (QED) is 0.335. The lowest BCUT2D eigenvalue weighted by molar-refractivity contribution is -0.147. The first-order valence-corrected chi connectivity index (χ1v) is 10.2. The molecular formula is C24H13F7N2O2.